The minimum Gasteiger partial charge on any atom is -0.466 e. The molecule has 9 heteroatoms. The van der Waals surface area contributed by atoms with Gasteiger partial charge in [0.05, 0.1) is 12.5 Å². The molecule has 0 amide bonds. The van der Waals surface area contributed by atoms with Crippen molar-refractivity contribution in [3.05, 3.63) is 64.3 Å². The number of halogens is 3. The number of ether oxygens (including phenoxy) is 1. The van der Waals surface area contributed by atoms with E-state index in [0.29, 0.717) is 36.5 Å². The van der Waals surface area contributed by atoms with E-state index in [1.54, 1.807) is 18.5 Å². The largest absolute Gasteiger partial charge is 0.466 e. The average Bonchev–Trinajstić information content (AvgIpc) is 3.08. The minimum atomic E-state index is -4.36. The fraction of sp³-hybridized carbons (Fsp3) is 0.533. The van der Waals surface area contributed by atoms with E-state index in [-0.39, 0.29) is 43.0 Å². The molecule has 2 aromatic rings. The maximum Gasteiger partial charge on any atom is 0.381 e. The molecule has 5 nitrogen and oxygen atoms in total. The van der Waals surface area contributed by atoms with Crippen LogP contribution in [0, 0.1) is 43.1 Å². The Kier molecular flexibility index (Phi) is 19.0. The fourth-order valence-electron chi connectivity index (χ4n) is 3.87. The van der Waals surface area contributed by atoms with Crippen LogP contribution in [0.5, 0.6) is 0 Å². The number of fused-ring (bicyclic) bond motifs is 1. The quantitative estimate of drug-likeness (QED) is 0.195. The van der Waals surface area contributed by atoms with Gasteiger partial charge in [0.2, 0.25) is 0 Å². The van der Waals surface area contributed by atoms with Crippen LogP contribution in [0.1, 0.15) is 90.7 Å². The van der Waals surface area contributed by atoms with E-state index < -0.39 is 11.7 Å². The zero-order valence-corrected chi connectivity index (χ0v) is 28.0. The predicted octanol–water partition coefficient (Wildman–Crippen LogP) is 5.69. The molecule has 1 aliphatic rings. The van der Waals surface area contributed by atoms with Crippen LogP contribution < -0.4 is 21.5 Å². The van der Waals surface area contributed by atoms with Gasteiger partial charge in [0.1, 0.15) is 0 Å². The Labute approximate surface area is 255 Å². The third kappa shape index (κ3) is 12.8. The molecule has 3 N–H and O–H groups in total. The normalized spacial score (nSPS) is 13.1. The van der Waals surface area contributed by atoms with Gasteiger partial charge in [-0.05, 0) is 35.9 Å². The van der Waals surface area contributed by atoms with E-state index in [1.165, 1.54) is 31.7 Å². The molecule has 0 saturated carbocycles. The molecule has 0 fully saturated rings. The van der Waals surface area contributed by atoms with Crippen molar-refractivity contribution in [2.75, 3.05) is 13.2 Å². The summed E-state index contributed by atoms with van der Waals surface area (Å²) in [7, 11) is 0. The van der Waals surface area contributed by atoms with Crippen LogP contribution in [0.25, 0.3) is 11.4 Å². The van der Waals surface area contributed by atoms with Gasteiger partial charge in [0.25, 0.3) is 0 Å². The number of unbranched alkanes of at least 4 members (excludes halogenated alkanes) is 4. The molecule has 1 atom stereocenters. The number of alkyl halides is 3. The van der Waals surface area contributed by atoms with E-state index >= 15 is 0 Å². The summed E-state index contributed by atoms with van der Waals surface area (Å²) in [6.07, 6.45) is 6.83. The number of carbonyl (C=O) groups is 1. The molecule has 1 unspecified atom stereocenters. The van der Waals surface area contributed by atoms with E-state index in [2.05, 4.69) is 23.3 Å². The van der Waals surface area contributed by atoms with Crippen LogP contribution in [0.3, 0.4) is 0 Å². The van der Waals surface area contributed by atoms with Gasteiger partial charge in [-0.25, -0.2) is 0 Å². The Bertz CT molecular complexity index is 1090. The van der Waals surface area contributed by atoms with Crippen molar-refractivity contribution in [2.45, 2.75) is 85.7 Å². The van der Waals surface area contributed by atoms with E-state index in [9.17, 15) is 18.0 Å². The Morgan fingerprint density at radius 1 is 1.13 bits per heavy atom. The van der Waals surface area contributed by atoms with E-state index in [0.717, 1.165) is 35.4 Å². The van der Waals surface area contributed by atoms with Gasteiger partial charge in [-0.1, -0.05) is 59.8 Å². The van der Waals surface area contributed by atoms with Gasteiger partial charge in [-0.2, -0.15) is 13.2 Å². The second kappa shape index (κ2) is 20.0. The first-order valence-corrected chi connectivity index (χ1v) is 13.6. The summed E-state index contributed by atoms with van der Waals surface area (Å²) in [5.74, 6) is 0.0413. The van der Waals surface area contributed by atoms with Gasteiger partial charge < -0.3 is 15.8 Å². The first-order chi connectivity index (χ1) is 18.2. The number of nitrogens with zero attached hydrogens (tertiary/aromatic N) is 1. The molecule has 216 valence electrons. The third-order valence-electron chi connectivity index (χ3n) is 5.97. The van der Waals surface area contributed by atoms with Crippen LogP contribution in [-0.2, 0) is 15.7 Å². The van der Waals surface area contributed by atoms with Gasteiger partial charge >= 0.3 is 12.1 Å². The Morgan fingerprint density at radius 2 is 1.82 bits per heavy atom. The maximum absolute atomic E-state index is 12.6. The van der Waals surface area contributed by atoms with E-state index in [1.807, 2.05) is 27.7 Å². The Hall–Kier alpha value is -1.98. The molecule has 0 spiro atoms. The molecule has 39 heavy (non-hydrogen) atoms. The van der Waals surface area contributed by atoms with Crippen molar-refractivity contribution < 1.29 is 53.8 Å². The topological polar surface area (TPSA) is 77.2 Å². The summed E-state index contributed by atoms with van der Waals surface area (Å²) >= 11 is 0. The van der Waals surface area contributed by atoms with Crippen LogP contribution in [0.15, 0.2) is 36.7 Å². The molecule has 1 aliphatic heterocycles. The molecule has 0 saturated heterocycles. The van der Waals surface area contributed by atoms with Crippen molar-refractivity contribution in [3.63, 3.8) is 0 Å². The predicted molar refractivity (Wildman–Crippen MR) is 147 cm³/mol. The summed E-state index contributed by atoms with van der Waals surface area (Å²) < 4.78 is 42.9. The Morgan fingerprint density at radius 3 is 2.41 bits per heavy atom. The van der Waals surface area contributed by atoms with E-state index in [4.69, 9.17) is 10.5 Å². The molecular formula is C30H43F3N3O2U-. The zero-order chi connectivity index (χ0) is 28.6. The molecule has 1 aromatic heterocycles. The smallest absolute Gasteiger partial charge is 0.381 e. The number of pyridine rings is 1. The zero-order valence-electron chi connectivity index (χ0n) is 23.9. The van der Waals surface area contributed by atoms with Crippen molar-refractivity contribution in [2.24, 2.45) is 11.7 Å². The van der Waals surface area contributed by atoms with Crippen LogP contribution >= 0.6 is 0 Å². The molecule has 2 heterocycles. The van der Waals surface area contributed by atoms with Crippen molar-refractivity contribution >= 4 is 17.4 Å². The maximum atomic E-state index is 12.6. The standard InChI is InChI=1S/C16H13F3N3.C12H24O2.C2H6.U/c17-16(18,19)11-3-1-10(2-4-11)15-12-5-7-21-9-13(12)14(20)6-8-22-15;1-4-6-7-8-9-10-11(3)12(13)14-5-2;1-2;/h1,3-5,7,9,22H,6,8,20H2;11H,4-10H2,1-3H3;1-2H3;/q-1;;;. The first kappa shape index (κ1) is 37.0. The fourth-order valence-corrected chi connectivity index (χ4v) is 3.87. The number of hydrogen-bond donors (Lipinski definition) is 2. The van der Waals surface area contributed by atoms with Gasteiger partial charge in [-0.15, -0.1) is 29.8 Å². The molecule has 0 aliphatic carbocycles. The van der Waals surface area contributed by atoms with Crippen molar-refractivity contribution in [3.8, 4) is 0 Å². The monoisotopic (exact) mass is 772 g/mol. The van der Waals surface area contributed by atoms with Crippen LogP contribution in [0.4, 0.5) is 13.2 Å². The molecule has 0 bridgehead atoms. The number of carbonyl (C=O) groups excluding carboxylic acids is 1. The Balaban J connectivity index is 0.000000744. The summed E-state index contributed by atoms with van der Waals surface area (Å²) in [5, 5.41) is 4.84. The van der Waals surface area contributed by atoms with Crippen LogP contribution in [0.2, 0.25) is 0 Å². The summed E-state index contributed by atoms with van der Waals surface area (Å²) in [5.41, 5.74) is 7.30. The number of aromatic nitrogens is 1. The molecule has 1 aromatic carbocycles. The number of esters is 1. The van der Waals surface area contributed by atoms with Crippen LogP contribution in [-0.4, -0.2) is 24.1 Å². The molecule has 3 rings (SSSR count). The minimum absolute atomic E-state index is 0. The summed E-state index contributed by atoms with van der Waals surface area (Å²) in [6.45, 7) is 11.1. The van der Waals surface area contributed by atoms with Gasteiger partial charge in [0, 0.05) is 67.4 Å². The number of hydrogen-bond acceptors (Lipinski definition) is 5. The third-order valence-corrected chi connectivity index (χ3v) is 5.97. The molecule has 0 radical (unpaired) electrons. The van der Waals surface area contributed by atoms with Crippen molar-refractivity contribution in [1.82, 2.24) is 10.3 Å². The SMILES string of the molecule is CC.CCCCCCCC(C)C(=O)OCC.NC1=c2cnccc2=C(c2[c-]cc(C(F)(F)F)cc2)NCC1.[U]. The number of nitrogens with one attached hydrogen (secondary N) is 1. The van der Waals surface area contributed by atoms with Gasteiger partial charge in [0.15, 0.2) is 0 Å². The summed E-state index contributed by atoms with van der Waals surface area (Å²) in [6, 6.07) is 7.93. The molecular weight excluding hydrogens is 729 g/mol. The number of nitrogens with two attached hydrogens (primary N) is 1. The number of rotatable bonds is 9. The number of benzene rings is 1. The first-order valence-electron chi connectivity index (χ1n) is 13.6. The van der Waals surface area contributed by atoms with Gasteiger partial charge in [-0.3, -0.25) is 9.78 Å². The van der Waals surface area contributed by atoms with Crippen molar-refractivity contribution in [1.29, 1.82) is 0 Å². The second-order valence-corrected chi connectivity index (χ2v) is 8.84. The second-order valence-electron chi connectivity index (χ2n) is 8.84. The summed E-state index contributed by atoms with van der Waals surface area (Å²) in [4.78, 5) is 15.3. The average molecular weight is 773 g/mol.